The SMILES string of the molecule is O=C(CCCOc1ccc(CC(Nc2nc3ccc(F)c(F)c3o2)C(=O)O)cc1)NC1=NCCCN1. The van der Waals surface area contributed by atoms with Crippen molar-refractivity contribution in [1.82, 2.24) is 15.6 Å². The van der Waals surface area contributed by atoms with E-state index < -0.39 is 23.6 Å². The van der Waals surface area contributed by atoms with E-state index in [1.807, 2.05) is 0 Å². The maximum absolute atomic E-state index is 13.8. The van der Waals surface area contributed by atoms with Crippen molar-refractivity contribution in [2.45, 2.75) is 31.7 Å². The molecule has 1 aliphatic heterocycles. The molecule has 0 saturated heterocycles. The van der Waals surface area contributed by atoms with E-state index in [0.29, 0.717) is 36.8 Å². The standard InChI is InChI=1S/C24H25F2N5O5/c25-16-8-9-17-21(20(16)26)36-24(29-17)30-18(22(33)34)13-14-4-6-15(7-5-14)35-12-1-3-19(32)31-23-27-10-2-11-28-23/h4-9,18H,1-3,10-13H2,(H,29,30)(H,33,34)(H2,27,28,31,32). The fraction of sp³-hybridized carbons (Fsp3) is 0.333. The van der Waals surface area contributed by atoms with Crippen LogP contribution in [0.15, 0.2) is 45.8 Å². The Morgan fingerprint density at radius 3 is 2.72 bits per heavy atom. The Labute approximate surface area is 204 Å². The minimum atomic E-state index is -1.19. The Morgan fingerprint density at radius 1 is 1.19 bits per heavy atom. The quantitative estimate of drug-likeness (QED) is 0.311. The van der Waals surface area contributed by atoms with Crippen LogP contribution in [0.3, 0.4) is 0 Å². The number of aliphatic imine (C=N–C) groups is 1. The van der Waals surface area contributed by atoms with Crippen molar-refractivity contribution in [1.29, 1.82) is 0 Å². The Hall–Kier alpha value is -4.22. The number of carboxylic acid groups (broad SMARTS) is 1. The molecule has 2 heterocycles. The first-order chi connectivity index (χ1) is 17.4. The van der Waals surface area contributed by atoms with Crippen molar-refractivity contribution in [3.05, 3.63) is 53.6 Å². The summed E-state index contributed by atoms with van der Waals surface area (Å²) in [5, 5.41) is 17.9. The number of amides is 1. The third kappa shape index (κ3) is 6.46. The molecule has 4 rings (SSSR count). The third-order valence-electron chi connectivity index (χ3n) is 5.38. The highest BCUT2D eigenvalue weighted by atomic mass is 19.2. The predicted octanol–water partition coefficient (Wildman–Crippen LogP) is 2.84. The monoisotopic (exact) mass is 501 g/mol. The first-order valence-corrected chi connectivity index (χ1v) is 11.4. The Balaban J connectivity index is 1.26. The summed E-state index contributed by atoms with van der Waals surface area (Å²) < 4.78 is 38.1. The molecule has 0 aliphatic carbocycles. The number of nitrogens with zero attached hydrogens (tertiary/aromatic N) is 2. The van der Waals surface area contributed by atoms with Gasteiger partial charge in [-0.3, -0.25) is 15.1 Å². The summed E-state index contributed by atoms with van der Waals surface area (Å²) >= 11 is 0. The van der Waals surface area contributed by atoms with E-state index in [2.05, 4.69) is 25.9 Å². The van der Waals surface area contributed by atoms with Gasteiger partial charge in [-0.2, -0.15) is 9.37 Å². The highest BCUT2D eigenvalue weighted by Gasteiger charge is 2.22. The summed E-state index contributed by atoms with van der Waals surface area (Å²) in [5.74, 6) is -2.50. The normalized spacial score (nSPS) is 14.0. The number of halogens is 2. The predicted molar refractivity (Wildman–Crippen MR) is 127 cm³/mol. The summed E-state index contributed by atoms with van der Waals surface area (Å²) in [7, 11) is 0. The number of oxazole rings is 1. The van der Waals surface area contributed by atoms with Crippen molar-refractivity contribution < 1.29 is 32.6 Å². The lowest BCUT2D eigenvalue weighted by molar-refractivity contribution is -0.138. The number of carbonyl (C=O) groups excluding carboxylic acids is 1. The number of benzene rings is 2. The zero-order chi connectivity index (χ0) is 25.5. The molecule has 1 unspecified atom stereocenters. The molecule has 0 fully saturated rings. The molecule has 0 radical (unpaired) electrons. The second-order valence-electron chi connectivity index (χ2n) is 8.12. The second kappa shape index (κ2) is 11.5. The number of carboxylic acids is 1. The van der Waals surface area contributed by atoms with E-state index in [1.165, 1.54) is 6.07 Å². The lowest BCUT2D eigenvalue weighted by Gasteiger charge is -2.15. The zero-order valence-electron chi connectivity index (χ0n) is 19.2. The van der Waals surface area contributed by atoms with Crippen LogP contribution < -0.4 is 20.7 Å². The molecule has 3 aromatic rings. The van der Waals surface area contributed by atoms with Crippen molar-refractivity contribution >= 4 is 35.0 Å². The van der Waals surface area contributed by atoms with Crippen LogP contribution in [0.4, 0.5) is 14.8 Å². The lowest BCUT2D eigenvalue weighted by Crippen LogP contribution is -2.43. The van der Waals surface area contributed by atoms with Gasteiger partial charge in [-0.25, -0.2) is 9.18 Å². The van der Waals surface area contributed by atoms with Crippen LogP contribution in [0.5, 0.6) is 5.75 Å². The molecular formula is C24H25F2N5O5. The largest absolute Gasteiger partial charge is 0.494 e. The highest BCUT2D eigenvalue weighted by Crippen LogP contribution is 2.24. The number of ether oxygens (including phenoxy) is 1. The number of rotatable bonds is 10. The van der Waals surface area contributed by atoms with Crippen molar-refractivity contribution in [2.75, 3.05) is 25.0 Å². The molecule has 190 valence electrons. The minimum Gasteiger partial charge on any atom is -0.494 e. The van der Waals surface area contributed by atoms with Crippen molar-refractivity contribution in [3.8, 4) is 5.75 Å². The fourth-order valence-electron chi connectivity index (χ4n) is 3.54. The van der Waals surface area contributed by atoms with Gasteiger partial charge in [0.2, 0.25) is 11.7 Å². The van der Waals surface area contributed by atoms with Crippen LogP contribution in [-0.2, 0) is 16.0 Å². The maximum atomic E-state index is 13.8. The minimum absolute atomic E-state index is 0.0685. The summed E-state index contributed by atoms with van der Waals surface area (Å²) in [6.07, 6.45) is 1.82. The molecule has 4 N–H and O–H groups in total. The molecule has 1 aromatic heterocycles. The van der Waals surface area contributed by atoms with Crippen molar-refractivity contribution in [3.63, 3.8) is 0 Å². The van der Waals surface area contributed by atoms with Gasteiger partial charge in [0.1, 0.15) is 17.3 Å². The van der Waals surface area contributed by atoms with Gasteiger partial charge in [0, 0.05) is 25.9 Å². The molecule has 0 saturated carbocycles. The summed E-state index contributed by atoms with van der Waals surface area (Å²) in [6, 6.07) is 7.64. The molecule has 1 aliphatic rings. The van der Waals surface area contributed by atoms with E-state index in [1.54, 1.807) is 24.3 Å². The Kier molecular flexibility index (Phi) is 7.93. The molecule has 36 heavy (non-hydrogen) atoms. The fourth-order valence-corrected chi connectivity index (χ4v) is 3.54. The maximum Gasteiger partial charge on any atom is 0.326 e. The zero-order valence-corrected chi connectivity index (χ0v) is 19.2. The number of fused-ring (bicyclic) bond motifs is 1. The van der Waals surface area contributed by atoms with Crippen LogP contribution in [0.25, 0.3) is 11.1 Å². The number of hydrogen-bond acceptors (Lipinski definition) is 8. The van der Waals surface area contributed by atoms with Crippen LogP contribution in [0, 0.1) is 11.6 Å². The van der Waals surface area contributed by atoms with E-state index in [0.717, 1.165) is 19.0 Å². The van der Waals surface area contributed by atoms with E-state index >= 15 is 0 Å². The summed E-state index contributed by atoms with van der Waals surface area (Å²) in [4.78, 5) is 31.8. The number of carbonyl (C=O) groups is 2. The third-order valence-corrected chi connectivity index (χ3v) is 5.38. The van der Waals surface area contributed by atoms with Gasteiger partial charge < -0.3 is 24.9 Å². The van der Waals surface area contributed by atoms with E-state index in [9.17, 15) is 23.5 Å². The van der Waals surface area contributed by atoms with Crippen LogP contribution in [0.2, 0.25) is 0 Å². The van der Waals surface area contributed by atoms with Gasteiger partial charge in [-0.1, -0.05) is 12.1 Å². The molecule has 1 atom stereocenters. The van der Waals surface area contributed by atoms with Gasteiger partial charge in [0.25, 0.3) is 6.01 Å². The first kappa shape index (κ1) is 24.9. The second-order valence-corrected chi connectivity index (χ2v) is 8.12. The number of aliphatic carboxylic acids is 1. The number of guanidine groups is 1. The Morgan fingerprint density at radius 2 is 2.00 bits per heavy atom. The summed E-state index contributed by atoms with van der Waals surface area (Å²) in [6.45, 7) is 1.82. The van der Waals surface area contributed by atoms with E-state index in [4.69, 9.17) is 9.15 Å². The average Bonchev–Trinajstić information content (AvgIpc) is 3.29. The van der Waals surface area contributed by atoms with Crippen LogP contribution in [0.1, 0.15) is 24.8 Å². The van der Waals surface area contributed by atoms with Gasteiger partial charge in [-0.15, -0.1) is 0 Å². The molecule has 1 amide bonds. The topological polar surface area (TPSA) is 138 Å². The highest BCUT2D eigenvalue weighted by molar-refractivity contribution is 5.97. The van der Waals surface area contributed by atoms with Crippen LogP contribution in [-0.4, -0.2) is 53.7 Å². The first-order valence-electron chi connectivity index (χ1n) is 11.4. The Bertz CT molecular complexity index is 1260. The number of nitrogens with one attached hydrogen (secondary N) is 3. The van der Waals surface area contributed by atoms with E-state index in [-0.39, 0.29) is 35.9 Å². The van der Waals surface area contributed by atoms with Crippen molar-refractivity contribution in [2.24, 2.45) is 4.99 Å². The van der Waals surface area contributed by atoms with Gasteiger partial charge in [0.05, 0.1) is 6.61 Å². The smallest absolute Gasteiger partial charge is 0.326 e. The summed E-state index contributed by atoms with van der Waals surface area (Å²) in [5.41, 5.74) is 0.370. The molecule has 2 aromatic carbocycles. The average molecular weight is 501 g/mol. The number of anilines is 1. The molecule has 10 nitrogen and oxygen atoms in total. The molecule has 0 bridgehead atoms. The number of hydrogen-bond donors (Lipinski definition) is 4. The molecule has 12 heteroatoms. The van der Waals surface area contributed by atoms with Crippen LogP contribution >= 0.6 is 0 Å². The molecule has 0 spiro atoms. The van der Waals surface area contributed by atoms with Gasteiger partial charge in [-0.05, 0) is 42.7 Å². The van der Waals surface area contributed by atoms with Gasteiger partial charge >= 0.3 is 5.97 Å². The number of aromatic nitrogens is 1. The molecular weight excluding hydrogens is 476 g/mol. The lowest BCUT2D eigenvalue weighted by atomic mass is 10.1. The van der Waals surface area contributed by atoms with Gasteiger partial charge in [0.15, 0.2) is 17.4 Å².